The lowest BCUT2D eigenvalue weighted by molar-refractivity contribution is 0.0633. The molecule has 2 amide bonds. The first-order valence-corrected chi connectivity index (χ1v) is 5.98. The van der Waals surface area contributed by atoms with Gasteiger partial charge >= 0.3 is 6.03 Å². The van der Waals surface area contributed by atoms with Crippen LogP contribution in [0.1, 0.15) is 31.7 Å². The van der Waals surface area contributed by atoms with Crippen molar-refractivity contribution >= 4 is 11.7 Å². The Hall–Kier alpha value is -1.55. The Morgan fingerprint density at radius 3 is 2.76 bits per heavy atom. The first kappa shape index (κ1) is 13.5. The standard InChI is InChI=1S/C13H20N2O2/c1-3-4-7-10-17-15-13(16)14-12-9-6-5-8-11(12)2/h5-6,8-9H,3-4,7,10H2,1-2H3,(H2,14,15,16). The number of hydroxylamine groups is 1. The zero-order chi connectivity index (χ0) is 12.5. The van der Waals surface area contributed by atoms with Gasteiger partial charge in [0.1, 0.15) is 0 Å². The van der Waals surface area contributed by atoms with E-state index >= 15 is 0 Å². The van der Waals surface area contributed by atoms with Gasteiger partial charge in [-0.25, -0.2) is 10.3 Å². The molecule has 4 nitrogen and oxygen atoms in total. The fraction of sp³-hybridized carbons (Fsp3) is 0.462. The molecule has 0 aliphatic rings. The van der Waals surface area contributed by atoms with Crippen molar-refractivity contribution < 1.29 is 9.63 Å². The molecule has 0 saturated carbocycles. The topological polar surface area (TPSA) is 50.4 Å². The molecule has 0 fully saturated rings. The quantitative estimate of drug-likeness (QED) is 0.588. The third-order valence-corrected chi connectivity index (χ3v) is 2.41. The number of hydrogen-bond donors (Lipinski definition) is 2. The number of aryl methyl sites for hydroxylation is 1. The molecule has 0 aliphatic heterocycles. The second kappa shape index (κ2) is 7.68. The number of carbonyl (C=O) groups is 1. The number of hydrogen-bond acceptors (Lipinski definition) is 2. The van der Waals surface area contributed by atoms with Gasteiger partial charge in [0, 0.05) is 5.69 Å². The molecule has 0 aliphatic carbocycles. The highest BCUT2D eigenvalue weighted by molar-refractivity contribution is 5.89. The minimum atomic E-state index is -0.337. The third-order valence-electron chi connectivity index (χ3n) is 2.41. The fourth-order valence-corrected chi connectivity index (χ4v) is 1.40. The summed E-state index contributed by atoms with van der Waals surface area (Å²) in [6.07, 6.45) is 3.21. The number of benzene rings is 1. The predicted molar refractivity (Wildman–Crippen MR) is 68.8 cm³/mol. The second-order valence-corrected chi connectivity index (χ2v) is 3.93. The fourth-order valence-electron chi connectivity index (χ4n) is 1.40. The van der Waals surface area contributed by atoms with Gasteiger partial charge in [-0.15, -0.1) is 0 Å². The van der Waals surface area contributed by atoms with Crippen molar-refractivity contribution in [1.29, 1.82) is 0 Å². The van der Waals surface area contributed by atoms with Gasteiger partial charge in [0.25, 0.3) is 0 Å². The van der Waals surface area contributed by atoms with Crippen molar-refractivity contribution in [3.8, 4) is 0 Å². The van der Waals surface area contributed by atoms with Crippen LogP contribution in [0.5, 0.6) is 0 Å². The second-order valence-electron chi connectivity index (χ2n) is 3.93. The van der Waals surface area contributed by atoms with Crippen LogP contribution in [0.4, 0.5) is 10.5 Å². The van der Waals surface area contributed by atoms with Gasteiger partial charge < -0.3 is 5.32 Å². The van der Waals surface area contributed by atoms with Gasteiger partial charge in [-0.3, -0.25) is 4.84 Å². The molecular formula is C13H20N2O2. The van der Waals surface area contributed by atoms with Crippen LogP contribution >= 0.6 is 0 Å². The van der Waals surface area contributed by atoms with Crippen LogP contribution in [-0.2, 0) is 4.84 Å². The molecule has 0 bridgehead atoms. The van der Waals surface area contributed by atoms with Gasteiger partial charge in [0.15, 0.2) is 0 Å². The maximum absolute atomic E-state index is 11.5. The van der Waals surface area contributed by atoms with E-state index in [1.807, 2.05) is 31.2 Å². The summed E-state index contributed by atoms with van der Waals surface area (Å²) in [7, 11) is 0. The average molecular weight is 236 g/mol. The Balaban J connectivity index is 2.23. The number of unbranched alkanes of at least 4 members (excludes halogenated alkanes) is 2. The summed E-state index contributed by atoms with van der Waals surface area (Å²) in [4.78, 5) is 16.5. The average Bonchev–Trinajstić information content (AvgIpc) is 2.32. The molecule has 0 atom stereocenters. The molecule has 1 rings (SSSR count). The van der Waals surface area contributed by atoms with Gasteiger partial charge in [-0.05, 0) is 25.0 Å². The highest BCUT2D eigenvalue weighted by Crippen LogP contribution is 2.12. The molecule has 1 aromatic carbocycles. The molecule has 0 saturated heterocycles. The van der Waals surface area contributed by atoms with E-state index in [-0.39, 0.29) is 6.03 Å². The first-order valence-electron chi connectivity index (χ1n) is 5.98. The van der Waals surface area contributed by atoms with Gasteiger partial charge in [-0.2, -0.15) is 0 Å². The van der Waals surface area contributed by atoms with Gasteiger partial charge in [0.05, 0.1) is 6.61 Å². The molecule has 2 N–H and O–H groups in total. The number of amides is 2. The lowest BCUT2D eigenvalue weighted by Gasteiger charge is -2.09. The smallest absolute Gasteiger partial charge is 0.306 e. The summed E-state index contributed by atoms with van der Waals surface area (Å²) >= 11 is 0. The summed E-state index contributed by atoms with van der Waals surface area (Å²) in [6.45, 7) is 4.62. The molecule has 94 valence electrons. The highest BCUT2D eigenvalue weighted by Gasteiger charge is 2.02. The van der Waals surface area contributed by atoms with Crippen molar-refractivity contribution in [3.05, 3.63) is 29.8 Å². The van der Waals surface area contributed by atoms with E-state index in [0.29, 0.717) is 6.61 Å². The van der Waals surface area contributed by atoms with Gasteiger partial charge in [0.2, 0.25) is 0 Å². The number of nitrogens with one attached hydrogen (secondary N) is 2. The van der Waals surface area contributed by atoms with E-state index in [4.69, 9.17) is 4.84 Å². The van der Waals surface area contributed by atoms with Crippen molar-refractivity contribution in [3.63, 3.8) is 0 Å². The summed E-state index contributed by atoms with van der Waals surface area (Å²) in [5.41, 5.74) is 4.18. The van der Waals surface area contributed by atoms with Crippen molar-refractivity contribution in [2.45, 2.75) is 33.1 Å². The Morgan fingerprint density at radius 2 is 2.06 bits per heavy atom. The van der Waals surface area contributed by atoms with Crippen LogP contribution in [0.25, 0.3) is 0 Å². The first-order chi connectivity index (χ1) is 8.24. The number of para-hydroxylation sites is 1. The maximum Gasteiger partial charge on any atom is 0.343 e. The van der Waals surface area contributed by atoms with Crippen LogP contribution < -0.4 is 10.8 Å². The molecule has 1 aromatic rings. The normalized spacial score (nSPS) is 10.0. The predicted octanol–water partition coefficient (Wildman–Crippen LogP) is 3.24. The third kappa shape index (κ3) is 5.36. The Labute approximate surface area is 102 Å². The molecule has 17 heavy (non-hydrogen) atoms. The zero-order valence-corrected chi connectivity index (χ0v) is 10.5. The van der Waals surface area contributed by atoms with Crippen LogP contribution in [0.15, 0.2) is 24.3 Å². The Morgan fingerprint density at radius 1 is 1.29 bits per heavy atom. The molecule has 0 spiro atoms. The van der Waals surface area contributed by atoms with Gasteiger partial charge in [-0.1, -0.05) is 38.0 Å². The molecule has 4 heteroatoms. The molecule has 0 unspecified atom stereocenters. The van der Waals surface area contributed by atoms with Crippen LogP contribution in [-0.4, -0.2) is 12.6 Å². The van der Waals surface area contributed by atoms with E-state index in [2.05, 4.69) is 17.7 Å². The van der Waals surface area contributed by atoms with Crippen LogP contribution in [0.3, 0.4) is 0 Å². The summed E-state index contributed by atoms with van der Waals surface area (Å²) in [5, 5.41) is 2.73. The van der Waals surface area contributed by atoms with Crippen LogP contribution in [0, 0.1) is 6.92 Å². The number of rotatable bonds is 6. The Kier molecular flexibility index (Phi) is 6.10. The van der Waals surface area contributed by atoms with E-state index in [0.717, 1.165) is 30.5 Å². The van der Waals surface area contributed by atoms with Crippen molar-refractivity contribution in [1.82, 2.24) is 5.48 Å². The molecule has 0 radical (unpaired) electrons. The lowest BCUT2D eigenvalue weighted by atomic mass is 10.2. The summed E-state index contributed by atoms with van der Waals surface area (Å²) in [5.74, 6) is 0. The van der Waals surface area contributed by atoms with E-state index in [1.165, 1.54) is 0 Å². The minimum absolute atomic E-state index is 0.337. The van der Waals surface area contributed by atoms with Crippen LogP contribution in [0.2, 0.25) is 0 Å². The van der Waals surface area contributed by atoms with E-state index in [1.54, 1.807) is 0 Å². The van der Waals surface area contributed by atoms with E-state index < -0.39 is 0 Å². The summed E-state index contributed by atoms with van der Waals surface area (Å²) in [6, 6.07) is 7.27. The maximum atomic E-state index is 11.5. The van der Waals surface area contributed by atoms with Crippen molar-refractivity contribution in [2.24, 2.45) is 0 Å². The SMILES string of the molecule is CCCCCONC(=O)Nc1ccccc1C. The lowest BCUT2D eigenvalue weighted by Crippen LogP contribution is -2.29. The highest BCUT2D eigenvalue weighted by atomic mass is 16.7. The number of carbonyl (C=O) groups excluding carboxylic acids is 1. The number of urea groups is 1. The molecule has 0 aromatic heterocycles. The monoisotopic (exact) mass is 236 g/mol. The minimum Gasteiger partial charge on any atom is -0.306 e. The molecular weight excluding hydrogens is 216 g/mol. The molecule has 0 heterocycles. The largest absolute Gasteiger partial charge is 0.343 e. The number of anilines is 1. The summed E-state index contributed by atoms with van der Waals surface area (Å²) < 4.78 is 0. The van der Waals surface area contributed by atoms with E-state index in [9.17, 15) is 4.79 Å². The Bertz CT molecular complexity index is 353. The zero-order valence-electron chi connectivity index (χ0n) is 10.5. The van der Waals surface area contributed by atoms with Crippen molar-refractivity contribution in [2.75, 3.05) is 11.9 Å².